The fourth-order valence-electron chi connectivity index (χ4n) is 3.33. The second-order valence-corrected chi connectivity index (χ2v) is 6.58. The monoisotopic (exact) mass is 336 g/mol. The molecule has 1 aliphatic heterocycles. The molecule has 0 aliphatic carbocycles. The summed E-state index contributed by atoms with van der Waals surface area (Å²) in [6.45, 7) is 7.35. The highest BCUT2D eigenvalue weighted by atomic mass is 15.2. The van der Waals surface area contributed by atoms with E-state index in [0.717, 1.165) is 49.6 Å². The first-order chi connectivity index (χ1) is 12.3. The van der Waals surface area contributed by atoms with Gasteiger partial charge in [-0.1, -0.05) is 30.3 Å². The lowest BCUT2D eigenvalue weighted by Gasteiger charge is -2.26. The van der Waals surface area contributed by atoms with Gasteiger partial charge in [-0.3, -0.25) is 4.90 Å². The molecule has 3 N–H and O–H groups in total. The van der Waals surface area contributed by atoms with Crippen molar-refractivity contribution in [2.45, 2.75) is 19.5 Å². The van der Waals surface area contributed by atoms with Crippen molar-refractivity contribution in [2.24, 2.45) is 0 Å². The molecule has 1 aliphatic rings. The summed E-state index contributed by atoms with van der Waals surface area (Å²) in [7, 11) is 0. The lowest BCUT2D eigenvalue weighted by molar-refractivity contribution is 0.231. The van der Waals surface area contributed by atoms with Crippen LogP contribution in [0.25, 0.3) is 11.0 Å². The minimum absolute atomic E-state index is 0.186. The first kappa shape index (κ1) is 16.1. The van der Waals surface area contributed by atoms with Crippen molar-refractivity contribution in [1.82, 2.24) is 25.2 Å². The van der Waals surface area contributed by atoms with Gasteiger partial charge in [0.15, 0.2) is 0 Å². The van der Waals surface area contributed by atoms with E-state index in [4.69, 9.17) is 0 Å². The Morgan fingerprint density at radius 1 is 1.16 bits per heavy atom. The molecule has 3 heterocycles. The quantitative estimate of drug-likeness (QED) is 0.668. The summed E-state index contributed by atoms with van der Waals surface area (Å²) in [5, 5.41) is 7.96. The molecule has 0 amide bonds. The Morgan fingerprint density at radius 3 is 2.76 bits per heavy atom. The molecule has 0 radical (unpaired) electrons. The van der Waals surface area contributed by atoms with E-state index in [1.165, 1.54) is 11.3 Å². The Bertz CT molecular complexity index is 822. The molecular weight excluding hydrogens is 312 g/mol. The first-order valence-corrected chi connectivity index (χ1v) is 8.87. The van der Waals surface area contributed by atoms with E-state index in [9.17, 15) is 0 Å². The average Bonchev–Trinajstić information content (AvgIpc) is 3.07. The van der Waals surface area contributed by atoms with E-state index in [1.807, 2.05) is 6.07 Å². The molecule has 1 aromatic carbocycles. The van der Waals surface area contributed by atoms with Crippen molar-refractivity contribution >= 4 is 16.9 Å². The second-order valence-electron chi connectivity index (χ2n) is 6.58. The van der Waals surface area contributed by atoms with Crippen LogP contribution in [0.2, 0.25) is 0 Å². The van der Waals surface area contributed by atoms with Crippen molar-refractivity contribution in [1.29, 1.82) is 0 Å². The molecule has 6 heteroatoms. The molecule has 3 aromatic rings. The fourth-order valence-corrected chi connectivity index (χ4v) is 3.33. The maximum absolute atomic E-state index is 4.47. The highest BCUT2D eigenvalue weighted by molar-refractivity contribution is 5.87. The summed E-state index contributed by atoms with van der Waals surface area (Å²) in [5.41, 5.74) is 3.32. The van der Waals surface area contributed by atoms with Crippen molar-refractivity contribution in [3.05, 3.63) is 54.0 Å². The van der Waals surface area contributed by atoms with Gasteiger partial charge in [0.1, 0.15) is 17.8 Å². The third-order valence-corrected chi connectivity index (χ3v) is 4.74. The van der Waals surface area contributed by atoms with Gasteiger partial charge < -0.3 is 15.6 Å². The molecule has 25 heavy (non-hydrogen) atoms. The van der Waals surface area contributed by atoms with E-state index in [-0.39, 0.29) is 6.04 Å². The number of hydrogen-bond donors (Lipinski definition) is 3. The summed E-state index contributed by atoms with van der Waals surface area (Å²) < 4.78 is 0. The lowest BCUT2D eigenvalue weighted by Crippen LogP contribution is -2.42. The number of benzene rings is 1. The summed E-state index contributed by atoms with van der Waals surface area (Å²) in [6, 6.07) is 12.8. The minimum atomic E-state index is 0.186. The van der Waals surface area contributed by atoms with Crippen molar-refractivity contribution in [3.63, 3.8) is 0 Å². The molecule has 4 rings (SSSR count). The summed E-state index contributed by atoms with van der Waals surface area (Å²) in [4.78, 5) is 14.8. The molecule has 0 saturated carbocycles. The van der Waals surface area contributed by atoms with Gasteiger partial charge in [0.05, 0.1) is 5.39 Å². The molecular formula is C19H24N6. The Hall–Kier alpha value is -2.44. The topological polar surface area (TPSA) is 68.9 Å². The van der Waals surface area contributed by atoms with Crippen LogP contribution in [-0.4, -0.2) is 46.0 Å². The van der Waals surface area contributed by atoms with Crippen molar-refractivity contribution in [2.75, 3.05) is 31.5 Å². The smallest absolute Gasteiger partial charge is 0.143 e. The van der Waals surface area contributed by atoms with E-state index in [2.05, 4.69) is 67.7 Å². The molecule has 6 nitrogen and oxygen atoms in total. The Kier molecular flexibility index (Phi) is 4.63. The van der Waals surface area contributed by atoms with Crippen LogP contribution in [0.15, 0.2) is 42.7 Å². The van der Waals surface area contributed by atoms with Gasteiger partial charge in [0, 0.05) is 44.5 Å². The van der Waals surface area contributed by atoms with E-state index >= 15 is 0 Å². The van der Waals surface area contributed by atoms with Crippen LogP contribution in [-0.2, 0) is 6.54 Å². The number of fused-ring (bicyclic) bond motifs is 1. The van der Waals surface area contributed by atoms with Gasteiger partial charge in [-0.2, -0.15) is 0 Å². The second kappa shape index (κ2) is 7.21. The molecule has 0 bridgehead atoms. The van der Waals surface area contributed by atoms with E-state index < -0.39 is 0 Å². The lowest BCUT2D eigenvalue weighted by atomic mass is 10.1. The zero-order chi connectivity index (χ0) is 17.1. The van der Waals surface area contributed by atoms with Crippen molar-refractivity contribution < 1.29 is 0 Å². The van der Waals surface area contributed by atoms with Crippen LogP contribution in [0.3, 0.4) is 0 Å². The highest BCUT2D eigenvalue weighted by Gasteiger charge is 2.14. The predicted octanol–water partition coefficient (Wildman–Crippen LogP) is 2.54. The van der Waals surface area contributed by atoms with E-state index in [1.54, 1.807) is 6.33 Å². The standard InChI is InChI=1S/C19H24N6/c1-14(15-5-3-2-4-6-15)23-18-17-11-16(24-19(17)22-13-21-18)12-25-9-7-20-8-10-25/h2-6,11,13-14,20H,7-10,12H2,1H3,(H2,21,22,23,24)/t14-/m1/s1. The Labute approximate surface area is 147 Å². The van der Waals surface area contributed by atoms with Crippen molar-refractivity contribution in [3.8, 4) is 0 Å². The zero-order valence-corrected chi connectivity index (χ0v) is 14.5. The normalized spacial score (nSPS) is 16.8. The summed E-state index contributed by atoms with van der Waals surface area (Å²) in [5.74, 6) is 0.879. The number of nitrogens with one attached hydrogen (secondary N) is 3. The van der Waals surface area contributed by atoms with Gasteiger partial charge >= 0.3 is 0 Å². The van der Waals surface area contributed by atoms with Gasteiger partial charge in [0.25, 0.3) is 0 Å². The summed E-state index contributed by atoms with van der Waals surface area (Å²) in [6.07, 6.45) is 1.62. The van der Waals surface area contributed by atoms with Crippen LogP contribution in [0.4, 0.5) is 5.82 Å². The zero-order valence-electron chi connectivity index (χ0n) is 14.5. The number of aromatic nitrogens is 3. The predicted molar refractivity (Wildman–Crippen MR) is 101 cm³/mol. The van der Waals surface area contributed by atoms with E-state index in [0.29, 0.717) is 0 Å². The molecule has 1 fully saturated rings. The summed E-state index contributed by atoms with van der Waals surface area (Å²) >= 11 is 0. The number of piperazine rings is 1. The SMILES string of the molecule is C[C@@H](Nc1ncnc2[nH]c(CN3CCNCC3)cc12)c1ccccc1. The number of aromatic amines is 1. The fraction of sp³-hybridized carbons (Fsp3) is 0.368. The Balaban J connectivity index is 1.55. The van der Waals surface area contributed by atoms with Crippen LogP contribution in [0.5, 0.6) is 0 Å². The third kappa shape index (κ3) is 3.65. The Morgan fingerprint density at radius 2 is 1.96 bits per heavy atom. The molecule has 1 saturated heterocycles. The third-order valence-electron chi connectivity index (χ3n) is 4.74. The molecule has 0 spiro atoms. The van der Waals surface area contributed by atoms with Crippen LogP contribution < -0.4 is 10.6 Å². The van der Waals surface area contributed by atoms with Crippen LogP contribution >= 0.6 is 0 Å². The van der Waals surface area contributed by atoms with Crippen LogP contribution in [0, 0.1) is 0 Å². The minimum Gasteiger partial charge on any atom is -0.363 e. The number of rotatable bonds is 5. The maximum Gasteiger partial charge on any atom is 0.143 e. The molecule has 130 valence electrons. The first-order valence-electron chi connectivity index (χ1n) is 8.87. The molecule has 1 atom stereocenters. The molecule has 0 unspecified atom stereocenters. The maximum atomic E-state index is 4.47. The van der Waals surface area contributed by atoms with Gasteiger partial charge in [-0.15, -0.1) is 0 Å². The van der Waals surface area contributed by atoms with Crippen LogP contribution in [0.1, 0.15) is 24.2 Å². The molecule has 2 aromatic heterocycles. The van der Waals surface area contributed by atoms with Gasteiger partial charge in [-0.25, -0.2) is 9.97 Å². The largest absolute Gasteiger partial charge is 0.363 e. The highest BCUT2D eigenvalue weighted by Crippen LogP contribution is 2.25. The number of anilines is 1. The average molecular weight is 336 g/mol. The number of H-pyrrole nitrogens is 1. The number of hydrogen-bond acceptors (Lipinski definition) is 5. The van der Waals surface area contributed by atoms with Gasteiger partial charge in [0.2, 0.25) is 0 Å². The number of nitrogens with zero attached hydrogens (tertiary/aromatic N) is 3. The van der Waals surface area contributed by atoms with Gasteiger partial charge in [-0.05, 0) is 18.6 Å².